The molecule has 0 spiro atoms. The lowest BCUT2D eigenvalue weighted by Gasteiger charge is -2.16. The first-order valence-electron chi connectivity index (χ1n) is 7.07. The van der Waals surface area contributed by atoms with Crippen LogP contribution < -0.4 is 0 Å². The molecule has 0 radical (unpaired) electrons. The third-order valence-electron chi connectivity index (χ3n) is 3.62. The monoisotopic (exact) mass is 282 g/mol. The molecule has 3 unspecified atom stereocenters. The molecule has 1 aliphatic rings. The smallest absolute Gasteiger partial charge is 0.308 e. The van der Waals surface area contributed by atoms with Crippen molar-refractivity contribution in [1.29, 1.82) is 0 Å². The maximum atomic E-state index is 11.3. The molecular weight excluding hydrogens is 260 g/mol. The summed E-state index contributed by atoms with van der Waals surface area (Å²) in [6, 6.07) is 0. The molecule has 7 heteroatoms. The molecule has 0 amide bonds. The Morgan fingerprint density at radius 1 is 1.55 bits per heavy atom. The highest BCUT2D eigenvalue weighted by atomic mass is 16.5. The van der Waals surface area contributed by atoms with Gasteiger partial charge in [0.1, 0.15) is 0 Å². The summed E-state index contributed by atoms with van der Waals surface area (Å²) in [5, 5.41) is 21.0. The standard InChI is InChI=1S/C13H22N4O3/c1-8(2)4-10(13(18)19)6-17-12(14-15-16-17)11-5-9(3)20-7-11/h8-11H,4-7H2,1-3H3,(H,18,19). The third-order valence-corrected chi connectivity index (χ3v) is 3.62. The van der Waals surface area contributed by atoms with Crippen LogP contribution >= 0.6 is 0 Å². The minimum absolute atomic E-state index is 0.161. The van der Waals surface area contributed by atoms with Gasteiger partial charge in [0.05, 0.1) is 25.2 Å². The minimum atomic E-state index is -0.795. The van der Waals surface area contributed by atoms with E-state index < -0.39 is 11.9 Å². The Bertz CT molecular complexity index is 460. The predicted octanol–water partition coefficient (Wildman–Crippen LogP) is 1.31. The van der Waals surface area contributed by atoms with Gasteiger partial charge in [-0.05, 0) is 36.1 Å². The molecule has 0 bridgehead atoms. The molecule has 2 rings (SSSR count). The van der Waals surface area contributed by atoms with Crippen LogP contribution in [0.5, 0.6) is 0 Å². The van der Waals surface area contributed by atoms with Gasteiger partial charge in [-0.1, -0.05) is 13.8 Å². The molecule has 3 atom stereocenters. The van der Waals surface area contributed by atoms with Gasteiger partial charge in [-0.3, -0.25) is 4.79 Å². The summed E-state index contributed by atoms with van der Waals surface area (Å²) in [6.45, 7) is 6.98. The van der Waals surface area contributed by atoms with Crippen molar-refractivity contribution >= 4 is 5.97 Å². The number of hydrogen-bond donors (Lipinski definition) is 1. The highest BCUT2D eigenvalue weighted by Gasteiger charge is 2.30. The van der Waals surface area contributed by atoms with E-state index in [1.54, 1.807) is 4.68 Å². The molecule has 7 nitrogen and oxygen atoms in total. The average molecular weight is 282 g/mol. The second-order valence-corrected chi connectivity index (χ2v) is 5.96. The molecular formula is C13H22N4O3. The Morgan fingerprint density at radius 3 is 2.85 bits per heavy atom. The van der Waals surface area contributed by atoms with Crippen molar-refractivity contribution in [2.45, 2.75) is 52.2 Å². The summed E-state index contributed by atoms with van der Waals surface area (Å²) in [7, 11) is 0. The van der Waals surface area contributed by atoms with Crippen LogP contribution in [0.15, 0.2) is 0 Å². The number of carboxylic acids is 1. The number of tetrazole rings is 1. The normalized spacial score (nSPS) is 24.2. The second kappa shape index (κ2) is 6.30. The van der Waals surface area contributed by atoms with E-state index >= 15 is 0 Å². The zero-order valence-electron chi connectivity index (χ0n) is 12.2. The number of rotatable bonds is 6. The summed E-state index contributed by atoms with van der Waals surface area (Å²) in [4.78, 5) is 11.3. The van der Waals surface area contributed by atoms with Gasteiger partial charge in [-0.25, -0.2) is 4.68 Å². The van der Waals surface area contributed by atoms with Crippen LogP contribution in [-0.2, 0) is 16.1 Å². The van der Waals surface area contributed by atoms with E-state index in [9.17, 15) is 9.90 Å². The highest BCUT2D eigenvalue weighted by molar-refractivity contribution is 5.69. The Labute approximate surface area is 118 Å². The number of nitrogens with zero attached hydrogens (tertiary/aromatic N) is 4. The third kappa shape index (κ3) is 3.53. The van der Waals surface area contributed by atoms with Crippen LogP contribution in [0.2, 0.25) is 0 Å². The Balaban J connectivity index is 2.09. The van der Waals surface area contributed by atoms with Crippen LogP contribution in [-0.4, -0.2) is 44.0 Å². The van der Waals surface area contributed by atoms with Gasteiger partial charge in [0, 0.05) is 5.92 Å². The molecule has 1 fully saturated rings. The van der Waals surface area contributed by atoms with E-state index in [1.807, 2.05) is 20.8 Å². The number of hydrogen-bond acceptors (Lipinski definition) is 5. The number of aliphatic carboxylic acids is 1. The van der Waals surface area contributed by atoms with Gasteiger partial charge in [0.25, 0.3) is 0 Å². The summed E-state index contributed by atoms with van der Waals surface area (Å²) in [6.07, 6.45) is 1.70. The molecule has 0 aromatic carbocycles. The largest absolute Gasteiger partial charge is 0.481 e. The molecule has 1 saturated heterocycles. The maximum absolute atomic E-state index is 11.3. The maximum Gasteiger partial charge on any atom is 0.308 e. The summed E-state index contributed by atoms with van der Waals surface area (Å²) >= 11 is 0. The van der Waals surface area contributed by atoms with Crippen molar-refractivity contribution in [2.24, 2.45) is 11.8 Å². The zero-order chi connectivity index (χ0) is 14.7. The van der Waals surface area contributed by atoms with Gasteiger partial charge in [-0.15, -0.1) is 5.10 Å². The van der Waals surface area contributed by atoms with Crippen LogP contribution in [0, 0.1) is 11.8 Å². The van der Waals surface area contributed by atoms with Gasteiger partial charge in [0.15, 0.2) is 5.82 Å². The van der Waals surface area contributed by atoms with Crippen molar-refractivity contribution in [3.63, 3.8) is 0 Å². The van der Waals surface area contributed by atoms with E-state index in [4.69, 9.17) is 4.74 Å². The second-order valence-electron chi connectivity index (χ2n) is 5.96. The SMILES string of the molecule is CC(C)CC(Cn1nnnc1C1COC(C)C1)C(=O)O. The van der Waals surface area contributed by atoms with E-state index in [0.717, 1.165) is 12.2 Å². The van der Waals surface area contributed by atoms with Crippen LogP contribution in [0.25, 0.3) is 0 Å². The van der Waals surface area contributed by atoms with Gasteiger partial charge in [-0.2, -0.15) is 0 Å². The van der Waals surface area contributed by atoms with Crippen LogP contribution in [0.3, 0.4) is 0 Å². The molecule has 1 aromatic rings. The summed E-state index contributed by atoms with van der Waals surface area (Å²) in [5.74, 6) is -0.0306. The van der Waals surface area contributed by atoms with Crippen LogP contribution in [0.1, 0.15) is 45.4 Å². The number of carboxylic acid groups (broad SMARTS) is 1. The lowest BCUT2D eigenvalue weighted by Crippen LogP contribution is -2.24. The first kappa shape index (κ1) is 14.9. The van der Waals surface area contributed by atoms with E-state index in [0.29, 0.717) is 25.5 Å². The molecule has 1 aromatic heterocycles. The van der Waals surface area contributed by atoms with E-state index in [2.05, 4.69) is 15.5 Å². The van der Waals surface area contributed by atoms with Gasteiger partial charge >= 0.3 is 5.97 Å². The van der Waals surface area contributed by atoms with Gasteiger partial charge < -0.3 is 9.84 Å². The van der Waals surface area contributed by atoms with Crippen molar-refractivity contribution in [3.05, 3.63) is 5.82 Å². The lowest BCUT2D eigenvalue weighted by atomic mass is 9.97. The Morgan fingerprint density at radius 2 is 2.30 bits per heavy atom. The highest BCUT2D eigenvalue weighted by Crippen LogP contribution is 2.28. The Kier molecular flexibility index (Phi) is 4.69. The molecule has 112 valence electrons. The fourth-order valence-electron chi connectivity index (χ4n) is 2.66. The topological polar surface area (TPSA) is 90.1 Å². The van der Waals surface area contributed by atoms with Crippen molar-refractivity contribution < 1.29 is 14.6 Å². The summed E-state index contributed by atoms with van der Waals surface area (Å²) in [5.41, 5.74) is 0. The molecule has 0 saturated carbocycles. The van der Waals surface area contributed by atoms with Gasteiger partial charge in [0.2, 0.25) is 0 Å². The molecule has 1 N–H and O–H groups in total. The van der Waals surface area contributed by atoms with E-state index in [1.165, 1.54) is 0 Å². The fraction of sp³-hybridized carbons (Fsp3) is 0.846. The first-order chi connectivity index (χ1) is 9.47. The molecule has 20 heavy (non-hydrogen) atoms. The lowest BCUT2D eigenvalue weighted by molar-refractivity contribution is -0.142. The summed E-state index contributed by atoms with van der Waals surface area (Å²) < 4.78 is 7.17. The Hall–Kier alpha value is -1.50. The first-order valence-corrected chi connectivity index (χ1v) is 7.07. The van der Waals surface area contributed by atoms with Crippen LogP contribution in [0.4, 0.5) is 0 Å². The minimum Gasteiger partial charge on any atom is -0.481 e. The molecule has 2 heterocycles. The zero-order valence-corrected chi connectivity index (χ0v) is 12.2. The quantitative estimate of drug-likeness (QED) is 0.846. The predicted molar refractivity (Wildman–Crippen MR) is 71.2 cm³/mol. The van der Waals surface area contributed by atoms with Crippen molar-refractivity contribution in [2.75, 3.05) is 6.61 Å². The molecule has 1 aliphatic heterocycles. The van der Waals surface area contributed by atoms with Crippen molar-refractivity contribution in [1.82, 2.24) is 20.2 Å². The van der Waals surface area contributed by atoms with E-state index in [-0.39, 0.29) is 12.0 Å². The number of ether oxygens (including phenoxy) is 1. The molecule has 0 aliphatic carbocycles. The average Bonchev–Trinajstić information content (AvgIpc) is 2.96. The van der Waals surface area contributed by atoms with Crippen molar-refractivity contribution in [3.8, 4) is 0 Å². The fourth-order valence-corrected chi connectivity index (χ4v) is 2.66. The number of carbonyl (C=O) groups is 1. The number of aromatic nitrogens is 4.